The largest absolute Gasteiger partial charge is 0.508 e. The summed E-state index contributed by atoms with van der Waals surface area (Å²) in [5.41, 5.74) is 6.44. The molecule has 1 aliphatic rings. The van der Waals surface area contributed by atoms with Crippen LogP contribution in [0.2, 0.25) is 0 Å². The summed E-state index contributed by atoms with van der Waals surface area (Å²) in [6.45, 7) is 0. The maximum absolute atomic E-state index is 11.5. The zero-order valence-corrected chi connectivity index (χ0v) is 12.9. The Bertz CT molecular complexity index is 967. The molecule has 1 heterocycles. The predicted molar refractivity (Wildman–Crippen MR) is 95.3 cm³/mol. The Balaban J connectivity index is 1.72. The Hall–Kier alpha value is -3.29. The number of para-hydroxylation sites is 1. The average Bonchev–Trinajstić information content (AvgIpc) is 2.61. The van der Waals surface area contributed by atoms with E-state index in [-0.39, 0.29) is 5.75 Å². The van der Waals surface area contributed by atoms with Crippen molar-refractivity contribution in [3.8, 4) is 5.75 Å². The number of phenolic OH excluding ortho intramolecular Hbond substituents is 1. The molecule has 3 nitrogen and oxygen atoms in total. The Morgan fingerprint density at radius 1 is 0.833 bits per heavy atom. The van der Waals surface area contributed by atoms with Crippen LogP contribution >= 0.6 is 0 Å². The molecule has 0 atom stereocenters. The summed E-state index contributed by atoms with van der Waals surface area (Å²) in [5, 5.41) is 12.8. The van der Waals surface area contributed by atoms with E-state index in [0.717, 1.165) is 40.0 Å². The van der Waals surface area contributed by atoms with Gasteiger partial charge in [0.2, 0.25) is 0 Å². The molecule has 116 valence electrons. The molecular weight excluding hydrogens is 298 g/mol. The van der Waals surface area contributed by atoms with Crippen molar-refractivity contribution in [2.24, 2.45) is 0 Å². The summed E-state index contributed by atoms with van der Waals surface area (Å²) < 4.78 is 0. The zero-order valence-electron chi connectivity index (χ0n) is 12.9. The van der Waals surface area contributed by atoms with Gasteiger partial charge in [-0.1, -0.05) is 42.5 Å². The second kappa shape index (κ2) is 5.73. The van der Waals surface area contributed by atoms with Gasteiger partial charge in [-0.2, -0.15) is 0 Å². The molecule has 3 aromatic carbocycles. The molecule has 0 radical (unpaired) electrons. The molecule has 0 spiro atoms. The fourth-order valence-corrected chi connectivity index (χ4v) is 3.08. The summed E-state index contributed by atoms with van der Waals surface area (Å²) in [6, 6.07) is 21.0. The predicted octanol–water partition coefficient (Wildman–Crippen LogP) is 4.30. The SMILES string of the molecule is O=C=C1c2ccccc2Nc2cc(Cc3ccc(O)cc3)ccc21. The Morgan fingerprint density at radius 2 is 1.54 bits per heavy atom. The fourth-order valence-electron chi connectivity index (χ4n) is 3.08. The monoisotopic (exact) mass is 313 g/mol. The normalized spacial score (nSPS) is 11.9. The first-order chi connectivity index (χ1) is 11.7. The van der Waals surface area contributed by atoms with E-state index < -0.39 is 0 Å². The molecule has 0 bridgehead atoms. The maximum Gasteiger partial charge on any atom is 0.133 e. The van der Waals surface area contributed by atoms with E-state index in [0.29, 0.717) is 5.57 Å². The molecule has 1 aliphatic heterocycles. The van der Waals surface area contributed by atoms with Crippen molar-refractivity contribution in [1.29, 1.82) is 0 Å². The summed E-state index contributed by atoms with van der Waals surface area (Å²) in [4.78, 5) is 11.5. The van der Waals surface area contributed by atoms with E-state index in [4.69, 9.17) is 0 Å². The quantitative estimate of drug-likeness (QED) is 0.542. The van der Waals surface area contributed by atoms with Gasteiger partial charge in [-0.3, -0.25) is 0 Å². The summed E-state index contributed by atoms with van der Waals surface area (Å²) in [5.74, 6) is 2.36. The van der Waals surface area contributed by atoms with Gasteiger partial charge in [0.15, 0.2) is 0 Å². The Morgan fingerprint density at radius 3 is 2.33 bits per heavy atom. The lowest BCUT2D eigenvalue weighted by atomic mass is 9.91. The van der Waals surface area contributed by atoms with Crippen LogP contribution in [0, 0.1) is 0 Å². The number of carbonyl (C=O) groups excluding carboxylic acids is 1. The first-order valence-electron chi connectivity index (χ1n) is 7.77. The van der Waals surface area contributed by atoms with Crippen molar-refractivity contribution in [2.75, 3.05) is 5.32 Å². The Kier molecular flexibility index (Phi) is 3.42. The van der Waals surface area contributed by atoms with Gasteiger partial charge in [-0.15, -0.1) is 0 Å². The van der Waals surface area contributed by atoms with Crippen LogP contribution in [0.25, 0.3) is 5.57 Å². The molecule has 0 aromatic heterocycles. The third-order valence-electron chi connectivity index (χ3n) is 4.27. The average molecular weight is 313 g/mol. The molecule has 2 N–H and O–H groups in total. The highest BCUT2D eigenvalue weighted by Crippen LogP contribution is 2.39. The van der Waals surface area contributed by atoms with Crippen LogP contribution in [0.3, 0.4) is 0 Å². The van der Waals surface area contributed by atoms with Crippen LogP contribution in [0.15, 0.2) is 66.7 Å². The minimum atomic E-state index is 0.267. The van der Waals surface area contributed by atoms with Crippen LogP contribution in [-0.2, 0) is 11.2 Å². The molecule has 0 aliphatic carbocycles. The molecule has 0 saturated carbocycles. The van der Waals surface area contributed by atoms with E-state index in [2.05, 4.69) is 17.3 Å². The lowest BCUT2D eigenvalue weighted by Gasteiger charge is -2.22. The highest BCUT2D eigenvalue weighted by Gasteiger charge is 2.20. The van der Waals surface area contributed by atoms with E-state index in [1.807, 2.05) is 48.5 Å². The van der Waals surface area contributed by atoms with E-state index in [1.54, 1.807) is 12.1 Å². The molecule has 0 unspecified atom stereocenters. The van der Waals surface area contributed by atoms with Gasteiger partial charge in [0.1, 0.15) is 11.7 Å². The zero-order chi connectivity index (χ0) is 16.5. The van der Waals surface area contributed by atoms with Gasteiger partial charge in [0, 0.05) is 22.5 Å². The molecule has 4 rings (SSSR count). The minimum absolute atomic E-state index is 0.267. The molecule has 0 amide bonds. The molecule has 0 fully saturated rings. The van der Waals surface area contributed by atoms with Crippen molar-refractivity contribution in [3.63, 3.8) is 0 Å². The lowest BCUT2D eigenvalue weighted by Crippen LogP contribution is -2.07. The maximum atomic E-state index is 11.5. The number of phenols is 1. The van der Waals surface area contributed by atoms with Gasteiger partial charge in [0.25, 0.3) is 0 Å². The number of rotatable bonds is 2. The van der Waals surface area contributed by atoms with Crippen molar-refractivity contribution in [3.05, 3.63) is 89.0 Å². The van der Waals surface area contributed by atoms with Crippen molar-refractivity contribution in [1.82, 2.24) is 0 Å². The van der Waals surface area contributed by atoms with Gasteiger partial charge in [0.05, 0.1) is 5.57 Å². The van der Waals surface area contributed by atoms with Crippen LogP contribution in [0.1, 0.15) is 22.3 Å². The number of fused-ring (bicyclic) bond motifs is 2. The van der Waals surface area contributed by atoms with Gasteiger partial charge in [-0.25, -0.2) is 4.79 Å². The van der Waals surface area contributed by atoms with E-state index in [1.165, 1.54) is 0 Å². The highest BCUT2D eigenvalue weighted by molar-refractivity contribution is 6.06. The smallest absolute Gasteiger partial charge is 0.133 e. The first kappa shape index (κ1) is 14.3. The van der Waals surface area contributed by atoms with Crippen LogP contribution < -0.4 is 5.32 Å². The van der Waals surface area contributed by atoms with E-state index in [9.17, 15) is 9.90 Å². The number of hydrogen-bond donors (Lipinski definition) is 2. The highest BCUT2D eigenvalue weighted by atomic mass is 16.3. The molecule has 3 aromatic rings. The molecule has 3 heteroatoms. The molecule has 24 heavy (non-hydrogen) atoms. The van der Waals surface area contributed by atoms with Crippen molar-refractivity contribution < 1.29 is 9.90 Å². The third kappa shape index (κ3) is 2.47. The Labute approximate surface area is 139 Å². The fraction of sp³-hybridized carbons (Fsp3) is 0.0476. The second-order valence-corrected chi connectivity index (χ2v) is 5.87. The topological polar surface area (TPSA) is 49.3 Å². The standard InChI is InChI=1S/C21H15NO2/c23-13-19-17-3-1-2-4-20(17)22-21-12-15(7-10-18(19)21)11-14-5-8-16(24)9-6-14/h1-10,12,22,24H,11H2. The van der Waals surface area contributed by atoms with Crippen LogP contribution in [-0.4, -0.2) is 11.0 Å². The second-order valence-electron chi connectivity index (χ2n) is 5.87. The first-order valence-corrected chi connectivity index (χ1v) is 7.77. The van der Waals surface area contributed by atoms with E-state index >= 15 is 0 Å². The van der Waals surface area contributed by atoms with Crippen LogP contribution in [0.5, 0.6) is 5.75 Å². The summed E-state index contributed by atoms with van der Waals surface area (Å²) in [6.07, 6.45) is 0.761. The number of benzene rings is 3. The van der Waals surface area contributed by atoms with Crippen LogP contribution in [0.4, 0.5) is 11.4 Å². The number of hydrogen-bond acceptors (Lipinski definition) is 3. The van der Waals surface area contributed by atoms with Gasteiger partial charge >= 0.3 is 0 Å². The van der Waals surface area contributed by atoms with Crippen molar-refractivity contribution >= 4 is 22.9 Å². The third-order valence-corrected chi connectivity index (χ3v) is 4.27. The lowest BCUT2D eigenvalue weighted by molar-refractivity contribution is 0.475. The van der Waals surface area contributed by atoms with Crippen molar-refractivity contribution in [2.45, 2.75) is 6.42 Å². The number of aromatic hydroxyl groups is 1. The molecular formula is C21H15NO2. The number of anilines is 2. The summed E-state index contributed by atoms with van der Waals surface area (Å²) >= 11 is 0. The minimum Gasteiger partial charge on any atom is -0.508 e. The van der Waals surface area contributed by atoms with Gasteiger partial charge < -0.3 is 10.4 Å². The summed E-state index contributed by atoms with van der Waals surface area (Å²) in [7, 11) is 0. The molecule has 0 saturated heterocycles. The number of nitrogens with one attached hydrogen (secondary N) is 1. The van der Waals surface area contributed by atoms with Gasteiger partial charge in [-0.05, 0) is 41.8 Å².